The van der Waals surface area contributed by atoms with E-state index < -0.39 is 5.54 Å². The molecule has 5 heteroatoms. The predicted octanol–water partition coefficient (Wildman–Crippen LogP) is 1.31. The lowest BCUT2D eigenvalue weighted by Crippen LogP contribution is -2.52. The Labute approximate surface area is 106 Å². The number of halogens is 1. The zero-order valence-electron chi connectivity index (χ0n) is 9.74. The third-order valence-electron chi connectivity index (χ3n) is 3.14. The first-order valence-corrected chi connectivity index (χ1v) is 5.92. The third-order valence-corrected chi connectivity index (χ3v) is 3.38. The number of nitrogens with two attached hydrogens (primary N) is 1. The number of carbonyl (C=O) groups excluding carboxylic acids is 1. The van der Waals surface area contributed by atoms with Crippen molar-refractivity contribution >= 4 is 23.2 Å². The molecule has 4 nitrogen and oxygen atoms in total. The molecule has 0 bridgehead atoms. The third kappa shape index (κ3) is 2.53. The number of nitrogens with zero attached hydrogens (tertiary/aromatic N) is 1. The Morgan fingerprint density at radius 3 is 2.88 bits per heavy atom. The summed E-state index contributed by atoms with van der Waals surface area (Å²) in [5, 5.41) is 3.86. The van der Waals surface area contributed by atoms with E-state index in [0.29, 0.717) is 18.0 Å². The number of hydrogen-bond acceptors (Lipinski definition) is 3. The standard InChI is InChI=1S/C12H16ClN3O/c1-16-6-5-12(8-16,11(14)17)15-10-4-2-3-9(13)7-10/h2-4,7,15H,5-6,8H2,1H3,(H2,14,17). The van der Waals surface area contributed by atoms with Crippen LogP contribution in [-0.2, 0) is 4.79 Å². The number of likely N-dealkylation sites (tertiary alicyclic amines) is 1. The number of carbonyl (C=O) groups is 1. The largest absolute Gasteiger partial charge is 0.370 e. The molecule has 1 heterocycles. The summed E-state index contributed by atoms with van der Waals surface area (Å²) in [5.41, 5.74) is 5.66. The van der Waals surface area contributed by atoms with Crippen LogP contribution in [0.25, 0.3) is 0 Å². The predicted molar refractivity (Wildman–Crippen MR) is 69.1 cm³/mol. The Hall–Kier alpha value is -1.26. The first-order valence-electron chi connectivity index (χ1n) is 5.54. The summed E-state index contributed by atoms with van der Waals surface area (Å²) in [7, 11) is 1.98. The zero-order valence-corrected chi connectivity index (χ0v) is 10.5. The molecular weight excluding hydrogens is 238 g/mol. The Balaban J connectivity index is 2.22. The molecule has 1 aliphatic heterocycles. The quantitative estimate of drug-likeness (QED) is 0.854. The monoisotopic (exact) mass is 253 g/mol. The van der Waals surface area contributed by atoms with Crippen LogP contribution in [0.2, 0.25) is 5.02 Å². The van der Waals surface area contributed by atoms with E-state index in [4.69, 9.17) is 17.3 Å². The minimum Gasteiger partial charge on any atom is -0.370 e. The number of hydrogen-bond donors (Lipinski definition) is 2. The first-order chi connectivity index (χ1) is 8.02. The van der Waals surface area contributed by atoms with Gasteiger partial charge in [-0.2, -0.15) is 0 Å². The van der Waals surface area contributed by atoms with Crippen LogP contribution in [0.1, 0.15) is 6.42 Å². The van der Waals surface area contributed by atoms with Crippen LogP contribution < -0.4 is 11.1 Å². The highest BCUT2D eigenvalue weighted by molar-refractivity contribution is 6.30. The van der Waals surface area contributed by atoms with Gasteiger partial charge in [-0.05, 0) is 31.7 Å². The van der Waals surface area contributed by atoms with Gasteiger partial charge in [0, 0.05) is 23.8 Å². The van der Waals surface area contributed by atoms with Crippen molar-refractivity contribution in [3.8, 4) is 0 Å². The maximum atomic E-state index is 11.7. The molecule has 1 saturated heterocycles. The van der Waals surface area contributed by atoms with Crippen LogP contribution in [0.4, 0.5) is 5.69 Å². The summed E-state index contributed by atoms with van der Waals surface area (Å²) >= 11 is 5.92. The average Bonchev–Trinajstić information content (AvgIpc) is 2.61. The fourth-order valence-electron chi connectivity index (χ4n) is 2.21. The zero-order chi connectivity index (χ0) is 12.5. The number of primary amides is 1. The molecular formula is C12H16ClN3O. The van der Waals surface area contributed by atoms with Gasteiger partial charge in [-0.25, -0.2) is 0 Å². The summed E-state index contributed by atoms with van der Waals surface area (Å²) in [5.74, 6) is -0.318. The van der Waals surface area contributed by atoms with Gasteiger partial charge in [-0.15, -0.1) is 0 Å². The van der Waals surface area contributed by atoms with Crippen LogP contribution in [-0.4, -0.2) is 36.5 Å². The molecule has 2 rings (SSSR count). The van der Waals surface area contributed by atoms with Gasteiger partial charge in [0.15, 0.2) is 0 Å². The molecule has 1 atom stereocenters. The summed E-state index contributed by atoms with van der Waals surface area (Å²) < 4.78 is 0. The molecule has 0 aromatic heterocycles. The average molecular weight is 254 g/mol. The molecule has 1 unspecified atom stereocenters. The van der Waals surface area contributed by atoms with Gasteiger partial charge in [-0.3, -0.25) is 4.79 Å². The minimum atomic E-state index is -0.681. The molecule has 1 amide bonds. The van der Waals surface area contributed by atoms with Gasteiger partial charge >= 0.3 is 0 Å². The Morgan fingerprint density at radius 1 is 1.59 bits per heavy atom. The van der Waals surface area contributed by atoms with Gasteiger partial charge in [0.2, 0.25) is 5.91 Å². The van der Waals surface area contributed by atoms with Crippen LogP contribution in [0.5, 0.6) is 0 Å². The maximum absolute atomic E-state index is 11.7. The molecule has 0 aliphatic carbocycles. The maximum Gasteiger partial charge on any atom is 0.244 e. The lowest BCUT2D eigenvalue weighted by atomic mass is 9.97. The number of benzene rings is 1. The van der Waals surface area contributed by atoms with Gasteiger partial charge in [0.05, 0.1) is 0 Å². The molecule has 1 aromatic rings. The second-order valence-electron chi connectivity index (χ2n) is 4.57. The molecule has 1 aliphatic rings. The van der Waals surface area contributed by atoms with Crippen molar-refractivity contribution in [1.82, 2.24) is 4.90 Å². The topological polar surface area (TPSA) is 58.4 Å². The summed E-state index contributed by atoms with van der Waals surface area (Å²) in [6.45, 7) is 1.48. The summed E-state index contributed by atoms with van der Waals surface area (Å²) in [4.78, 5) is 13.7. The first kappa shape index (κ1) is 12.2. The van der Waals surface area contributed by atoms with E-state index >= 15 is 0 Å². The highest BCUT2D eigenvalue weighted by Gasteiger charge is 2.42. The smallest absolute Gasteiger partial charge is 0.244 e. The fraction of sp³-hybridized carbons (Fsp3) is 0.417. The highest BCUT2D eigenvalue weighted by atomic mass is 35.5. The van der Waals surface area contributed by atoms with Gasteiger partial charge in [0.1, 0.15) is 5.54 Å². The summed E-state index contributed by atoms with van der Waals surface area (Å²) in [6.07, 6.45) is 0.714. The molecule has 0 radical (unpaired) electrons. The Morgan fingerprint density at radius 2 is 2.35 bits per heavy atom. The second kappa shape index (κ2) is 4.55. The van der Waals surface area contributed by atoms with E-state index in [1.807, 2.05) is 19.2 Å². The molecule has 1 aromatic carbocycles. The number of amides is 1. The van der Waals surface area contributed by atoms with E-state index in [1.54, 1.807) is 12.1 Å². The van der Waals surface area contributed by atoms with Crippen molar-refractivity contribution in [3.63, 3.8) is 0 Å². The molecule has 3 N–H and O–H groups in total. The van der Waals surface area contributed by atoms with Crippen LogP contribution in [0.15, 0.2) is 24.3 Å². The van der Waals surface area contributed by atoms with E-state index in [-0.39, 0.29) is 5.91 Å². The van der Waals surface area contributed by atoms with Crippen LogP contribution >= 0.6 is 11.6 Å². The van der Waals surface area contributed by atoms with Crippen molar-refractivity contribution in [3.05, 3.63) is 29.3 Å². The Bertz CT molecular complexity index is 438. The lowest BCUT2D eigenvalue weighted by molar-refractivity contribution is -0.121. The van der Waals surface area contributed by atoms with Crippen LogP contribution in [0.3, 0.4) is 0 Å². The Kier molecular flexibility index (Phi) is 3.26. The number of nitrogens with one attached hydrogen (secondary N) is 1. The van der Waals surface area contributed by atoms with E-state index in [1.165, 1.54) is 0 Å². The molecule has 0 spiro atoms. The lowest BCUT2D eigenvalue weighted by Gasteiger charge is -2.28. The molecule has 17 heavy (non-hydrogen) atoms. The fourth-order valence-corrected chi connectivity index (χ4v) is 2.40. The molecule has 0 saturated carbocycles. The van der Waals surface area contributed by atoms with Crippen molar-refractivity contribution in [2.75, 3.05) is 25.5 Å². The summed E-state index contributed by atoms with van der Waals surface area (Å²) in [6, 6.07) is 7.32. The van der Waals surface area contributed by atoms with E-state index in [0.717, 1.165) is 12.2 Å². The molecule has 92 valence electrons. The van der Waals surface area contributed by atoms with Crippen LogP contribution in [0, 0.1) is 0 Å². The highest BCUT2D eigenvalue weighted by Crippen LogP contribution is 2.26. The second-order valence-corrected chi connectivity index (χ2v) is 5.01. The van der Waals surface area contributed by atoms with Crippen molar-refractivity contribution in [2.45, 2.75) is 12.0 Å². The van der Waals surface area contributed by atoms with E-state index in [2.05, 4.69) is 10.2 Å². The van der Waals surface area contributed by atoms with Crippen molar-refractivity contribution in [2.24, 2.45) is 5.73 Å². The normalized spacial score (nSPS) is 24.8. The van der Waals surface area contributed by atoms with Gasteiger partial charge in [0.25, 0.3) is 0 Å². The molecule has 1 fully saturated rings. The number of likely N-dealkylation sites (N-methyl/N-ethyl adjacent to an activating group) is 1. The van der Waals surface area contributed by atoms with E-state index in [9.17, 15) is 4.79 Å². The van der Waals surface area contributed by atoms with Gasteiger partial charge < -0.3 is 16.0 Å². The number of rotatable bonds is 3. The van der Waals surface area contributed by atoms with Crippen molar-refractivity contribution in [1.29, 1.82) is 0 Å². The number of anilines is 1. The van der Waals surface area contributed by atoms with Gasteiger partial charge in [-0.1, -0.05) is 17.7 Å². The SMILES string of the molecule is CN1CCC(Nc2cccc(Cl)c2)(C(N)=O)C1. The minimum absolute atomic E-state index is 0.318. The van der Waals surface area contributed by atoms with Crippen molar-refractivity contribution < 1.29 is 4.79 Å².